The summed E-state index contributed by atoms with van der Waals surface area (Å²) in [5.74, 6) is 1.84. The molecule has 1 unspecified atom stereocenters. The van der Waals surface area contributed by atoms with Gasteiger partial charge < -0.3 is 4.57 Å². The first-order valence-corrected chi connectivity index (χ1v) is 52.8. The van der Waals surface area contributed by atoms with Crippen molar-refractivity contribution < 1.29 is 0 Å². The summed E-state index contributed by atoms with van der Waals surface area (Å²) in [6.45, 7) is 12.0. The van der Waals surface area contributed by atoms with Gasteiger partial charge in [-0.25, -0.2) is 15.0 Å². The molecule has 0 bridgehead atoms. The van der Waals surface area contributed by atoms with E-state index in [0.717, 1.165) is 84.5 Å². The van der Waals surface area contributed by atoms with Gasteiger partial charge in [-0.2, -0.15) is 0 Å². The van der Waals surface area contributed by atoms with E-state index in [1.54, 1.807) is 0 Å². The molecule has 0 radical (unpaired) electrons. The molecule has 0 amide bonds. The summed E-state index contributed by atoms with van der Waals surface area (Å²) in [5.41, 5.74) is 38.3. The summed E-state index contributed by atoms with van der Waals surface area (Å²) in [4.78, 5) is 16.0. The lowest BCUT2D eigenvalue weighted by molar-refractivity contribution is 0.662. The number of para-hydroxylation sites is 3. The highest BCUT2D eigenvalue weighted by Crippen LogP contribution is 2.61. The van der Waals surface area contributed by atoms with Gasteiger partial charge in [-0.05, 0) is 217 Å². The molecule has 0 saturated heterocycles. The van der Waals surface area contributed by atoms with Crippen molar-refractivity contribution >= 4 is 160 Å². The van der Waals surface area contributed by atoms with Crippen LogP contribution in [0.5, 0.6) is 0 Å². The Kier molecular flexibility index (Phi) is 19.4. The fourth-order valence-corrected chi connectivity index (χ4v) is 28.2. The predicted molar refractivity (Wildman–Crippen MR) is 620 cm³/mol. The van der Waals surface area contributed by atoms with Gasteiger partial charge in [0.25, 0.3) is 0 Å². The first-order valence-electron chi connectivity index (χ1n) is 50.3. The second-order valence-electron chi connectivity index (χ2n) is 40.4. The van der Waals surface area contributed by atoms with E-state index in [-0.39, 0.29) is 16.2 Å². The average molecular weight is 1920 g/mol. The van der Waals surface area contributed by atoms with Gasteiger partial charge >= 0.3 is 0 Å². The molecule has 688 valence electrons. The van der Waals surface area contributed by atoms with Crippen molar-refractivity contribution in [3.8, 4) is 118 Å². The van der Waals surface area contributed by atoms with E-state index in [0.29, 0.717) is 0 Å². The third kappa shape index (κ3) is 13.2. The van der Waals surface area contributed by atoms with E-state index < -0.39 is 0 Å². The largest absolute Gasteiger partial charge is 0.309 e. The van der Waals surface area contributed by atoms with Crippen LogP contribution in [-0.2, 0) is 16.2 Å². The normalized spacial score (nSPS) is 14.1. The van der Waals surface area contributed by atoms with E-state index in [2.05, 4.69) is 515 Å². The maximum atomic E-state index is 5.43. The van der Waals surface area contributed by atoms with Crippen molar-refractivity contribution in [3.63, 3.8) is 0 Å². The Hall–Kier alpha value is -17.3. The quantitative estimate of drug-likeness (QED) is 0.137. The summed E-state index contributed by atoms with van der Waals surface area (Å²) >= 11 is 5.71. The predicted octanol–water partition coefficient (Wildman–Crippen LogP) is 37.6. The summed E-state index contributed by atoms with van der Waals surface area (Å²) in [5, 5.41) is 15.7. The third-order valence-corrected chi connectivity index (χ3v) is 35.1. The fourth-order valence-electron chi connectivity index (χ4n) is 24.7. The molecule has 0 spiro atoms. The van der Waals surface area contributed by atoms with Crippen LogP contribution in [0, 0.1) is 0 Å². The minimum Gasteiger partial charge on any atom is -0.309 e. The molecule has 146 heavy (non-hydrogen) atoms. The van der Waals surface area contributed by atoms with E-state index in [4.69, 9.17) is 15.0 Å². The van der Waals surface area contributed by atoms with Crippen LogP contribution in [0.2, 0.25) is 0 Å². The molecule has 0 fully saturated rings. The van der Waals surface area contributed by atoms with Crippen molar-refractivity contribution in [3.05, 3.63) is 506 Å². The van der Waals surface area contributed by atoms with Gasteiger partial charge in [0.05, 0.1) is 61.6 Å². The Morgan fingerprint density at radius 3 is 1.08 bits per heavy atom. The number of rotatable bonds is 10. The highest BCUT2D eigenvalue weighted by atomic mass is 32.1. The Bertz CT molecular complexity index is 10100. The van der Waals surface area contributed by atoms with Crippen molar-refractivity contribution in [1.82, 2.24) is 28.7 Å². The van der Waals surface area contributed by atoms with Gasteiger partial charge in [-0.1, -0.05) is 373 Å². The minimum atomic E-state index is -0.320. The lowest BCUT2D eigenvalue weighted by atomic mass is 9.74. The lowest BCUT2D eigenvalue weighted by Crippen LogP contribution is -2.22. The molecule has 1 atom stereocenters. The summed E-state index contributed by atoms with van der Waals surface area (Å²) < 4.78 is 15.3. The van der Waals surface area contributed by atoms with Crippen LogP contribution in [0.4, 0.5) is 0 Å². The molecule has 3 aliphatic carbocycles. The van der Waals surface area contributed by atoms with E-state index in [1.807, 2.05) is 34.0 Å². The fraction of sp³-hybridized carbons (Fsp3) is 0.0584. The second kappa shape index (κ2) is 33.1. The Balaban J connectivity index is 0.000000104. The van der Waals surface area contributed by atoms with Gasteiger partial charge in [0.1, 0.15) is 11.6 Å². The summed E-state index contributed by atoms with van der Waals surface area (Å²) in [7, 11) is 0. The first-order chi connectivity index (χ1) is 71.8. The average Bonchev–Trinajstić information content (AvgIpc) is 1.51. The summed E-state index contributed by atoms with van der Waals surface area (Å²) in [6.07, 6.45) is 0. The number of hydrogen-bond donors (Lipinski definition) is 0. The van der Waals surface area contributed by atoms with Crippen LogP contribution in [-0.4, -0.2) is 28.7 Å². The monoisotopic (exact) mass is 1920 g/mol. The smallest absolute Gasteiger partial charge is 0.138 e. The van der Waals surface area contributed by atoms with Crippen LogP contribution in [0.1, 0.15) is 73.6 Å². The molecule has 0 aliphatic heterocycles. The number of benzene rings is 19. The zero-order valence-electron chi connectivity index (χ0n) is 80.9. The zero-order chi connectivity index (χ0) is 96.9. The van der Waals surface area contributed by atoms with Crippen LogP contribution in [0.25, 0.3) is 244 Å². The molecule has 3 aliphatic rings. The molecule has 19 aromatic carbocycles. The lowest BCUT2D eigenvalue weighted by Gasteiger charge is -2.28. The molecule has 28 aromatic rings. The molecular formula is C137H92N6S3. The summed E-state index contributed by atoms with van der Waals surface area (Å²) in [6, 6.07) is 170. The maximum absolute atomic E-state index is 5.43. The molecule has 9 heteroatoms. The van der Waals surface area contributed by atoms with Crippen LogP contribution < -0.4 is 0 Å². The van der Waals surface area contributed by atoms with Gasteiger partial charge in [0, 0.05) is 137 Å². The van der Waals surface area contributed by atoms with Gasteiger partial charge in [0.2, 0.25) is 0 Å². The zero-order valence-corrected chi connectivity index (χ0v) is 83.3. The Labute approximate surface area is 856 Å². The topological polar surface area (TPSA) is 53.5 Å². The van der Waals surface area contributed by atoms with Crippen molar-refractivity contribution in [2.45, 2.75) is 50.9 Å². The SMILES string of the molecule is CC1(C)c2cc3c4ccccc4n(-c4cc(-c5ccccc5)cc(-c5ccccc5)n4)c3cc2-c2ccc3sc4ccccc4c3c21.CC1(C)c2cc3c4ccccc4n(-c4cc(-c5ccccc5)nc(-c5ccccc5)c4)c3cc2-c2c1ccc1sc3ccccc3c21.CC1(c2ccccc2)c2cc3c4ccccc4n(-c4cc(-c5ccccc5)cc(-c5ccccc5)n4)c3cc2-c2c1ccc1c2sc2ccccc21. The number of aromatic nitrogens is 6. The molecule has 0 N–H and O–H groups in total. The van der Waals surface area contributed by atoms with Gasteiger partial charge in [0.15, 0.2) is 0 Å². The Morgan fingerprint density at radius 1 is 0.205 bits per heavy atom. The van der Waals surface area contributed by atoms with Crippen LogP contribution in [0.3, 0.4) is 0 Å². The number of nitrogens with zero attached hydrogens (tertiary/aromatic N) is 6. The van der Waals surface area contributed by atoms with E-state index >= 15 is 0 Å². The van der Waals surface area contributed by atoms with E-state index in [1.165, 1.54) is 198 Å². The molecule has 6 nitrogen and oxygen atoms in total. The van der Waals surface area contributed by atoms with Crippen molar-refractivity contribution in [2.75, 3.05) is 0 Å². The number of pyridine rings is 3. The second-order valence-corrected chi connectivity index (χ2v) is 43.6. The Morgan fingerprint density at radius 2 is 0.575 bits per heavy atom. The van der Waals surface area contributed by atoms with Gasteiger partial charge in [-0.15, -0.1) is 34.0 Å². The number of hydrogen-bond acceptors (Lipinski definition) is 6. The minimum absolute atomic E-state index is 0.114. The third-order valence-electron chi connectivity index (χ3n) is 31.6. The molecule has 9 heterocycles. The highest BCUT2D eigenvalue weighted by Gasteiger charge is 2.45. The van der Waals surface area contributed by atoms with Gasteiger partial charge in [-0.3, -0.25) is 9.13 Å². The number of fused-ring (bicyclic) bond motifs is 30. The molecule has 0 saturated carbocycles. The van der Waals surface area contributed by atoms with E-state index in [9.17, 15) is 0 Å². The first kappa shape index (κ1) is 85.5. The van der Waals surface area contributed by atoms with Crippen LogP contribution >= 0.6 is 34.0 Å². The number of thiophene rings is 3. The van der Waals surface area contributed by atoms with Crippen molar-refractivity contribution in [2.24, 2.45) is 0 Å². The highest BCUT2D eigenvalue weighted by molar-refractivity contribution is 7.27. The molecule has 9 aromatic heterocycles. The standard InChI is InChI=1S/C49H32N2S.2C44H30N2S/c1-49(34-19-9-4-10-20-34)40-26-25-37-36-22-12-14-24-45(36)52-48(37)47(40)39-30-44-38(29-41(39)49)35-21-11-13-23-43(35)51(44)46-28-33(31-15-5-2-6-16-31)27-42(50-46)32-17-7-3-8-18-32;1-44(2)34-21-22-41-43(31-18-10-12-20-40(31)47-41)42(34)33-26-39-32(25-35(33)44)30-17-9-11-19-38(30)46(39)29-23-36(27-13-5-3-6-14-27)45-37(24-29)28-15-7-4-8-16-28;1-44(2)35-25-34-30-17-9-11-19-37(30)46(41-24-29(27-13-5-3-6-14-27)23-36(45-41)28-15-7-4-8-16-28)38(34)26-33(35)31-21-22-40-42(43(31)44)32-18-10-12-20-39(32)47-40/h2-30H,1H3;2*3-26H,1-2H3. The maximum Gasteiger partial charge on any atom is 0.138 e. The molecule has 31 rings (SSSR count). The van der Waals surface area contributed by atoms with Crippen molar-refractivity contribution in [1.29, 1.82) is 0 Å². The van der Waals surface area contributed by atoms with Crippen LogP contribution in [0.15, 0.2) is 467 Å². The molecular weight excluding hydrogens is 1830 g/mol.